The summed E-state index contributed by atoms with van der Waals surface area (Å²) in [6, 6.07) is 9.87. The van der Waals surface area contributed by atoms with Gasteiger partial charge in [0.05, 0.1) is 17.2 Å². The zero-order valence-electron chi connectivity index (χ0n) is 13.6. The fourth-order valence-electron chi connectivity index (χ4n) is 2.65. The fraction of sp³-hybridized carbons (Fsp3) is 0.278. The highest BCUT2D eigenvalue weighted by atomic mass is 16.1. The molecule has 0 radical (unpaired) electrons. The summed E-state index contributed by atoms with van der Waals surface area (Å²) >= 11 is 0. The first kappa shape index (κ1) is 15.2. The van der Waals surface area contributed by atoms with Gasteiger partial charge in [-0.2, -0.15) is 0 Å². The highest BCUT2D eigenvalue weighted by Gasteiger charge is 2.13. The van der Waals surface area contributed by atoms with E-state index in [9.17, 15) is 4.79 Å². The molecule has 23 heavy (non-hydrogen) atoms. The van der Waals surface area contributed by atoms with E-state index >= 15 is 0 Å². The SMILES string of the molecule is CCc1cccc(Nc2nc3ccncc3n(C(C)C)c2=O)c1. The van der Waals surface area contributed by atoms with E-state index in [0.29, 0.717) is 5.82 Å². The second kappa shape index (κ2) is 6.20. The maximum Gasteiger partial charge on any atom is 0.294 e. The third-order valence-corrected chi connectivity index (χ3v) is 3.81. The number of hydrogen-bond acceptors (Lipinski definition) is 4. The van der Waals surface area contributed by atoms with Crippen molar-refractivity contribution in [2.24, 2.45) is 0 Å². The molecule has 0 amide bonds. The number of pyridine rings is 1. The smallest absolute Gasteiger partial charge is 0.294 e. The van der Waals surface area contributed by atoms with E-state index in [1.54, 1.807) is 17.0 Å². The second-order valence-electron chi connectivity index (χ2n) is 5.77. The molecule has 0 unspecified atom stereocenters. The van der Waals surface area contributed by atoms with E-state index in [4.69, 9.17) is 0 Å². The Balaban J connectivity index is 2.14. The number of hydrogen-bond donors (Lipinski definition) is 1. The average Bonchev–Trinajstić information content (AvgIpc) is 2.55. The third kappa shape index (κ3) is 2.95. The molecule has 0 saturated heterocycles. The molecule has 2 heterocycles. The summed E-state index contributed by atoms with van der Waals surface area (Å²) in [5.41, 5.74) is 3.45. The van der Waals surface area contributed by atoms with Gasteiger partial charge in [0.2, 0.25) is 0 Å². The Morgan fingerprint density at radius 3 is 2.83 bits per heavy atom. The Hall–Kier alpha value is -2.69. The number of aromatic nitrogens is 3. The van der Waals surface area contributed by atoms with Gasteiger partial charge in [-0.05, 0) is 44.0 Å². The topological polar surface area (TPSA) is 59.8 Å². The minimum absolute atomic E-state index is 0.0275. The third-order valence-electron chi connectivity index (χ3n) is 3.81. The van der Waals surface area contributed by atoms with Crippen molar-refractivity contribution in [1.82, 2.24) is 14.5 Å². The lowest BCUT2D eigenvalue weighted by molar-refractivity contribution is 0.598. The molecule has 5 nitrogen and oxygen atoms in total. The summed E-state index contributed by atoms with van der Waals surface area (Å²) in [5.74, 6) is 0.339. The predicted octanol–water partition coefficient (Wildman–Crippen LogP) is 3.68. The monoisotopic (exact) mass is 308 g/mol. The Morgan fingerprint density at radius 1 is 1.26 bits per heavy atom. The van der Waals surface area contributed by atoms with Gasteiger partial charge in [0.25, 0.3) is 5.56 Å². The largest absolute Gasteiger partial charge is 0.336 e. The zero-order valence-corrected chi connectivity index (χ0v) is 13.6. The fourth-order valence-corrected chi connectivity index (χ4v) is 2.65. The van der Waals surface area contributed by atoms with Gasteiger partial charge in [0.1, 0.15) is 0 Å². The van der Waals surface area contributed by atoms with Crippen molar-refractivity contribution in [2.75, 3.05) is 5.32 Å². The molecule has 0 atom stereocenters. The lowest BCUT2D eigenvalue weighted by Gasteiger charge is -2.15. The molecule has 1 N–H and O–H groups in total. The highest BCUT2D eigenvalue weighted by Crippen LogP contribution is 2.18. The van der Waals surface area contributed by atoms with Crippen LogP contribution in [0.15, 0.2) is 47.5 Å². The lowest BCUT2D eigenvalue weighted by Crippen LogP contribution is -2.26. The van der Waals surface area contributed by atoms with Gasteiger partial charge in [0, 0.05) is 17.9 Å². The van der Waals surface area contributed by atoms with Crippen molar-refractivity contribution >= 4 is 22.5 Å². The minimum Gasteiger partial charge on any atom is -0.336 e. The van der Waals surface area contributed by atoms with Crippen molar-refractivity contribution in [1.29, 1.82) is 0 Å². The van der Waals surface area contributed by atoms with Crippen LogP contribution in [0.3, 0.4) is 0 Å². The van der Waals surface area contributed by atoms with Crippen LogP contribution < -0.4 is 10.9 Å². The van der Waals surface area contributed by atoms with E-state index in [1.807, 2.05) is 38.1 Å². The first-order valence-electron chi connectivity index (χ1n) is 7.82. The summed E-state index contributed by atoms with van der Waals surface area (Å²) in [7, 11) is 0. The van der Waals surface area contributed by atoms with Crippen LogP contribution in [0.4, 0.5) is 11.5 Å². The normalized spacial score (nSPS) is 11.1. The molecule has 0 spiro atoms. The molecule has 0 fully saturated rings. The van der Waals surface area contributed by atoms with Gasteiger partial charge in [-0.25, -0.2) is 4.98 Å². The van der Waals surface area contributed by atoms with Crippen LogP contribution in [0.5, 0.6) is 0 Å². The quantitative estimate of drug-likeness (QED) is 0.798. The van der Waals surface area contributed by atoms with Crippen LogP contribution in [0.25, 0.3) is 11.0 Å². The first-order chi connectivity index (χ1) is 11.1. The summed E-state index contributed by atoms with van der Waals surface area (Å²) in [4.78, 5) is 21.4. The highest BCUT2D eigenvalue weighted by molar-refractivity contribution is 5.76. The van der Waals surface area contributed by atoms with Crippen LogP contribution in [0.1, 0.15) is 32.4 Å². The van der Waals surface area contributed by atoms with Crippen molar-refractivity contribution in [3.05, 3.63) is 58.6 Å². The van der Waals surface area contributed by atoms with E-state index in [1.165, 1.54) is 5.56 Å². The molecule has 3 rings (SSSR count). The van der Waals surface area contributed by atoms with Crippen molar-refractivity contribution in [3.8, 4) is 0 Å². The number of nitrogens with one attached hydrogen (secondary N) is 1. The lowest BCUT2D eigenvalue weighted by atomic mass is 10.1. The van der Waals surface area contributed by atoms with Crippen molar-refractivity contribution in [3.63, 3.8) is 0 Å². The number of rotatable bonds is 4. The van der Waals surface area contributed by atoms with E-state index < -0.39 is 0 Å². The summed E-state index contributed by atoms with van der Waals surface area (Å²) in [5, 5.41) is 3.17. The summed E-state index contributed by atoms with van der Waals surface area (Å²) < 4.78 is 1.72. The molecule has 5 heteroatoms. The number of nitrogens with zero attached hydrogens (tertiary/aromatic N) is 3. The average molecular weight is 308 g/mol. The number of anilines is 2. The molecular formula is C18H20N4O. The summed E-state index contributed by atoms with van der Waals surface area (Å²) in [6.07, 6.45) is 4.32. The van der Waals surface area contributed by atoms with Crippen LogP contribution in [-0.4, -0.2) is 14.5 Å². The van der Waals surface area contributed by atoms with Crippen LogP contribution in [0.2, 0.25) is 0 Å². The number of benzene rings is 1. The first-order valence-corrected chi connectivity index (χ1v) is 7.82. The zero-order chi connectivity index (χ0) is 16.4. The molecule has 1 aromatic carbocycles. The number of fused-ring (bicyclic) bond motifs is 1. The maximum absolute atomic E-state index is 12.8. The molecule has 0 aliphatic carbocycles. The van der Waals surface area contributed by atoms with Crippen LogP contribution in [0, 0.1) is 0 Å². The van der Waals surface area contributed by atoms with E-state index in [0.717, 1.165) is 23.1 Å². The standard InChI is InChI=1S/C18H20N4O/c1-4-13-6-5-7-14(10-13)20-17-18(23)22(12(2)3)16-11-19-9-8-15(16)21-17/h5-12H,4H2,1-3H3,(H,20,21). The van der Waals surface area contributed by atoms with E-state index in [-0.39, 0.29) is 11.6 Å². The van der Waals surface area contributed by atoms with Crippen molar-refractivity contribution < 1.29 is 0 Å². The molecular weight excluding hydrogens is 288 g/mol. The van der Waals surface area contributed by atoms with Gasteiger partial charge in [-0.1, -0.05) is 19.1 Å². The van der Waals surface area contributed by atoms with Gasteiger partial charge in [-0.3, -0.25) is 14.3 Å². The Bertz CT molecular complexity index is 899. The van der Waals surface area contributed by atoms with Gasteiger partial charge in [-0.15, -0.1) is 0 Å². The Kier molecular flexibility index (Phi) is 4.10. The van der Waals surface area contributed by atoms with Crippen LogP contribution in [-0.2, 0) is 6.42 Å². The molecule has 0 bridgehead atoms. The molecule has 0 aliphatic heterocycles. The van der Waals surface area contributed by atoms with Gasteiger partial charge in [0.15, 0.2) is 5.82 Å². The molecule has 2 aromatic heterocycles. The molecule has 118 valence electrons. The maximum atomic E-state index is 12.8. The van der Waals surface area contributed by atoms with E-state index in [2.05, 4.69) is 28.3 Å². The Labute approximate surface area is 135 Å². The molecule has 3 aromatic rings. The van der Waals surface area contributed by atoms with Gasteiger partial charge >= 0.3 is 0 Å². The molecule has 0 aliphatic rings. The van der Waals surface area contributed by atoms with Crippen LogP contribution >= 0.6 is 0 Å². The number of aryl methyl sites for hydroxylation is 1. The predicted molar refractivity (Wildman–Crippen MR) is 93.3 cm³/mol. The molecule has 0 saturated carbocycles. The second-order valence-corrected chi connectivity index (χ2v) is 5.77. The minimum atomic E-state index is -0.137. The summed E-state index contributed by atoms with van der Waals surface area (Å²) in [6.45, 7) is 6.07. The Morgan fingerprint density at radius 2 is 2.09 bits per heavy atom. The van der Waals surface area contributed by atoms with Gasteiger partial charge < -0.3 is 5.32 Å². The van der Waals surface area contributed by atoms with Crippen molar-refractivity contribution in [2.45, 2.75) is 33.2 Å².